The molecule has 0 aliphatic heterocycles. The zero-order valence-corrected chi connectivity index (χ0v) is 10.3. The van der Waals surface area contributed by atoms with Gasteiger partial charge in [-0.3, -0.25) is 4.90 Å². The standard InChI is InChI=1S/C11H26N2O2/c1-4-10(2)13(7-8-15-3)6-5-11(14)9-12/h10-11,14H,4-9,12H2,1-3H3. The minimum Gasteiger partial charge on any atom is -0.392 e. The van der Waals surface area contributed by atoms with E-state index in [1.807, 2.05) is 0 Å². The monoisotopic (exact) mass is 218 g/mol. The van der Waals surface area contributed by atoms with Crippen LogP contribution in [0.1, 0.15) is 26.7 Å². The van der Waals surface area contributed by atoms with E-state index in [0.717, 1.165) is 32.5 Å². The van der Waals surface area contributed by atoms with Crippen molar-refractivity contribution in [2.45, 2.75) is 38.8 Å². The molecule has 4 heteroatoms. The van der Waals surface area contributed by atoms with Crippen LogP contribution in [-0.4, -0.2) is 55.5 Å². The third-order valence-corrected chi connectivity index (χ3v) is 2.82. The van der Waals surface area contributed by atoms with E-state index in [0.29, 0.717) is 12.6 Å². The first-order chi connectivity index (χ1) is 7.15. The molecule has 0 spiro atoms. The van der Waals surface area contributed by atoms with Gasteiger partial charge in [0.1, 0.15) is 0 Å². The van der Waals surface area contributed by atoms with Gasteiger partial charge in [-0.05, 0) is 19.8 Å². The van der Waals surface area contributed by atoms with Crippen molar-refractivity contribution in [3.63, 3.8) is 0 Å². The molecule has 0 fully saturated rings. The Morgan fingerprint density at radius 2 is 2.07 bits per heavy atom. The molecule has 2 atom stereocenters. The van der Waals surface area contributed by atoms with Gasteiger partial charge >= 0.3 is 0 Å². The molecule has 0 saturated carbocycles. The van der Waals surface area contributed by atoms with E-state index in [1.54, 1.807) is 7.11 Å². The molecule has 4 nitrogen and oxygen atoms in total. The lowest BCUT2D eigenvalue weighted by Crippen LogP contribution is -2.38. The van der Waals surface area contributed by atoms with Gasteiger partial charge in [0.2, 0.25) is 0 Å². The van der Waals surface area contributed by atoms with Crippen molar-refractivity contribution in [1.29, 1.82) is 0 Å². The summed E-state index contributed by atoms with van der Waals surface area (Å²) in [5.74, 6) is 0. The summed E-state index contributed by atoms with van der Waals surface area (Å²) in [6.45, 7) is 7.26. The second-order valence-corrected chi connectivity index (χ2v) is 3.96. The average Bonchev–Trinajstić information content (AvgIpc) is 2.27. The highest BCUT2D eigenvalue weighted by Gasteiger charge is 2.13. The Morgan fingerprint density at radius 1 is 1.40 bits per heavy atom. The summed E-state index contributed by atoms with van der Waals surface area (Å²) in [7, 11) is 1.71. The van der Waals surface area contributed by atoms with Gasteiger partial charge in [-0.25, -0.2) is 0 Å². The number of hydrogen-bond acceptors (Lipinski definition) is 4. The van der Waals surface area contributed by atoms with Crippen molar-refractivity contribution in [1.82, 2.24) is 4.90 Å². The van der Waals surface area contributed by atoms with Crippen molar-refractivity contribution < 1.29 is 9.84 Å². The molecule has 0 aromatic heterocycles. The first-order valence-electron chi connectivity index (χ1n) is 5.76. The van der Waals surface area contributed by atoms with Crippen molar-refractivity contribution in [2.75, 3.05) is 33.4 Å². The van der Waals surface area contributed by atoms with E-state index in [4.69, 9.17) is 10.5 Å². The predicted molar refractivity (Wildman–Crippen MR) is 62.9 cm³/mol. The van der Waals surface area contributed by atoms with Gasteiger partial charge in [-0.1, -0.05) is 6.92 Å². The lowest BCUT2D eigenvalue weighted by atomic mass is 10.2. The van der Waals surface area contributed by atoms with Crippen molar-refractivity contribution in [3.05, 3.63) is 0 Å². The SMILES string of the molecule is CCC(C)N(CCOC)CCC(O)CN. The van der Waals surface area contributed by atoms with Crippen LogP contribution in [0.5, 0.6) is 0 Å². The van der Waals surface area contributed by atoms with Gasteiger partial charge in [0, 0.05) is 32.8 Å². The van der Waals surface area contributed by atoms with Crippen LogP contribution in [0, 0.1) is 0 Å². The fourth-order valence-corrected chi connectivity index (χ4v) is 1.45. The van der Waals surface area contributed by atoms with Crippen molar-refractivity contribution in [3.8, 4) is 0 Å². The van der Waals surface area contributed by atoms with E-state index in [-0.39, 0.29) is 6.10 Å². The Labute approximate surface area is 93.4 Å². The Kier molecular flexibility index (Phi) is 9.00. The number of ether oxygens (including phenoxy) is 1. The van der Waals surface area contributed by atoms with Crippen LogP contribution in [0.3, 0.4) is 0 Å². The average molecular weight is 218 g/mol. The van der Waals surface area contributed by atoms with Crippen LogP contribution >= 0.6 is 0 Å². The summed E-state index contributed by atoms with van der Waals surface area (Å²) in [6, 6.07) is 0.533. The van der Waals surface area contributed by atoms with E-state index in [2.05, 4.69) is 18.7 Å². The Balaban J connectivity index is 3.89. The lowest BCUT2D eigenvalue weighted by Gasteiger charge is -2.28. The minimum atomic E-state index is -0.376. The molecule has 92 valence electrons. The summed E-state index contributed by atoms with van der Waals surface area (Å²) in [5.41, 5.74) is 5.37. The second kappa shape index (κ2) is 9.09. The van der Waals surface area contributed by atoms with E-state index < -0.39 is 0 Å². The molecular weight excluding hydrogens is 192 g/mol. The van der Waals surface area contributed by atoms with Gasteiger partial charge in [0.25, 0.3) is 0 Å². The molecular formula is C11H26N2O2. The molecule has 2 unspecified atom stereocenters. The van der Waals surface area contributed by atoms with E-state index >= 15 is 0 Å². The molecule has 0 aromatic carbocycles. The molecule has 0 saturated heterocycles. The second-order valence-electron chi connectivity index (χ2n) is 3.96. The summed E-state index contributed by atoms with van der Waals surface area (Å²) in [6.07, 6.45) is 1.48. The Morgan fingerprint density at radius 3 is 2.53 bits per heavy atom. The number of aliphatic hydroxyl groups excluding tert-OH is 1. The maximum absolute atomic E-state index is 9.40. The summed E-state index contributed by atoms with van der Waals surface area (Å²) >= 11 is 0. The van der Waals surface area contributed by atoms with Crippen LogP contribution < -0.4 is 5.73 Å². The van der Waals surface area contributed by atoms with Crippen LogP contribution in [0.2, 0.25) is 0 Å². The highest BCUT2D eigenvalue weighted by Crippen LogP contribution is 2.05. The predicted octanol–water partition coefficient (Wildman–Crippen LogP) is 0.443. The van der Waals surface area contributed by atoms with Gasteiger partial charge in [-0.2, -0.15) is 0 Å². The van der Waals surface area contributed by atoms with Crippen LogP contribution in [-0.2, 0) is 4.74 Å². The topological polar surface area (TPSA) is 58.7 Å². The van der Waals surface area contributed by atoms with Gasteiger partial charge < -0.3 is 15.6 Å². The first-order valence-corrected chi connectivity index (χ1v) is 5.76. The molecule has 0 rings (SSSR count). The minimum absolute atomic E-state index is 0.346. The molecule has 0 aromatic rings. The maximum atomic E-state index is 9.40. The fraction of sp³-hybridized carbons (Fsp3) is 1.00. The number of rotatable bonds is 9. The third kappa shape index (κ3) is 6.84. The normalized spacial score (nSPS) is 15.6. The zero-order chi connectivity index (χ0) is 11.7. The quantitative estimate of drug-likeness (QED) is 0.590. The largest absolute Gasteiger partial charge is 0.392 e. The van der Waals surface area contributed by atoms with E-state index in [1.165, 1.54) is 0 Å². The van der Waals surface area contributed by atoms with Gasteiger partial charge in [0.15, 0.2) is 0 Å². The molecule has 0 heterocycles. The van der Waals surface area contributed by atoms with Gasteiger partial charge in [0.05, 0.1) is 12.7 Å². The molecule has 15 heavy (non-hydrogen) atoms. The van der Waals surface area contributed by atoms with E-state index in [9.17, 15) is 5.11 Å². The van der Waals surface area contributed by atoms with Crippen LogP contribution in [0.15, 0.2) is 0 Å². The number of nitrogens with two attached hydrogens (primary N) is 1. The van der Waals surface area contributed by atoms with Crippen LogP contribution in [0.25, 0.3) is 0 Å². The van der Waals surface area contributed by atoms with Gasteiger partial charge in [-0.15, -0.1) is 0 Å². The molecule has 0 radical (unpaired) electrons. The molecule has 0 amide bonds. The first kappa shape index (κ1) is 14.8. The zero-order valence-electron chi connectivity index (χ0n) is 10.3. The number of methoxy groups -OCH3 is 1. The Bertz CT molecular complexity index is 145. The lowest BCUT2D eigenvalue weighted by molar-refractivity contribution is 0.0990. The fourth-order valence-electron chi connectivity index (χ4n) is 1.45. The highest BCUT2D eigenvalue weighted by molar-refractivity contribution is 4.68. The molecule has 0 aliphatic rings. The molecule has 3 N–H and O–H groups in total. The number of aliphatic hydroxyl groups is 1. The number of hydrogen-bond donors (Lipinski definition) is 2. The number of nitrogens with zero attached hydrogens (tertiary/aromatic N) is 1. The summed E-state index contributed by atoms with van der Waals surface area (Å²) in [5, 5.41) is 9.40. The molecule has 0 aliphatic carbocycles. The van der Waals surface area contributed by atoms with Crippen molar-refractivity contribution >= 4 is 0 Å². The molecule has 0 bridgehead atoms. The third-order valence-electron chi connectivity index (χ3n) is 2.82. The van der Waals surface area contributed by atoms with Crippen LogP contribution in [0.4, 0.5) is 0 Å². The smallest absolute Gasteiger partial charge is 0.0674 e. The maximum Gasteiger partial charge on any atom is 0.0674 e. The Hall–Kier alpha value is -0.160. The highest BCUT2D eigenvalue weighted by atomic mass is 16.5. The summed E-state index contributed by atoms with van der Waals surface area (Å²) in [4.78, 5) is 2.34. The summed E-state index contributed by atoms with van der Waals surface area (Å²) < 4.78 is 5.07. The van der Waals surface area contributed by atoms with Crippen molar-refractivity contribution in [2.24, 2.45) is 5.73 Å².